The van der Waals surface area contributed by atoms with Crippen molar-refractivity contribution < 1.29 is 4.74 Å². The van der Waals surface area contributed by atoms with Crippen molar-refractivity contribution in [2.45, 2.75) is 33.7 Å². The molecule has 17 heavy (non-hydrogen) atoms. The predicted octanol–water partition coefficient (Wildman–Crippen LogP) is 3.12. The van der Waals surface area contributed by atoms with Crippen LogP contribution in [0.25, 0.3) is 0 Å². The SMILES string of the molecule is COc1nc(N(C)C(C)C(C)(C)C)ncc1Br. The maximum Gasteiger partial charge on any atom is 0.232 e. The zero-order chi connectivity index (χ0) is 13.2. The highest BCUT2D eigenvalue weighted by Gasteiger charge is 2.25. The Morgan fingerprint density at radius 2 is 2.00 bits per heavy atom. The first-order valence-electron chi connectivity index (χ1n) is 5.56. The van der Waals surface area contributed by atoms with E-state index in [1.54, 1.807) is 13.3 Å². The average Bonchev–Trinajstić information content (AvgIpc) is 2.26. The molecule has 1 aromatic rings. The highest BCUT2D eigenvalue weighted by atomic mass is 79.9. The molecule has 0 aromatic carbocycles. The highest BCUT2D eigenvalue weighted by Crippen LogP contribution is 2.28. The van der Waals surface area contributed by atoms with Crippen LogP contribution in [-0.2, 0) is 0 Å². The molecule has 0 saturated carbocycles. The first-order valence-corrected chi connectivity index (χ1v) is 6.36. The van der Waals surface area contributed by atoms with Crippen LogP contribution in [0.2, 0.25) is 0 Å². The second kappa shape index (κ2) is 5.21. The summed E-state index contributed by atoms with van der Waals surface area (Å²) in [4.78, 5) is 10.7. The van der Waals surface area contributed by atoms with Gasteiger partial charge in [-0.1, -0.05) is 20.8 Å². The van der Waals surface area contributed by atoms with E-state index >= 15 is 0 Å². The lowest BCUT2D eigenvalue weighted by Crippen LogP contribution is -2.40. The standard InChI is InChI=1S/C12H20BrN3O/c1-8(12(2,3)4)16(5)11-14-7-9(13)10(15-11)17-6/h7-8H,1-6H3. The maximum absolute atomic E-state index is 5.18. The van der Waals surface area contributed by atoms with Crippen molar-refractivity contribution in [2.75, 3.05) is 19.1 Å². The van der Waals surface area contributed by atoms with Crippen molar-refractivity contribution in [1.82, 2.24) is 9.97 Å². The van der Waals surface area contributed by atoms with Crippen LogP contribution in [-0.4, -0.2) is 30.2 Å². The molecule has 4 nitrogen and oxygen atoms in total. The molecule has 0 radical (unpaired) electrons. The molecule has 1 heterocycles. The fourth-order valence-corrected chi connectivity index (χ4v) is 1.76. The van der Waals surface area contributed by atoms with Gasteiger partial charge in [0.1, 0.15) is 0 Å². The van der Waals surface area contributed by atoms with Crippen molar-refractivity contribution in [3.8, 4) is 5.88 Å². The molecule has 0 aliphatic heterocycles. The number of methoxy groups -OCH3 is 1. The third-order valence-corrected chi connectivity index (χ3v) is 3.59. The van der Waals surface area contributed by atoms with Crippen LogP contribution in [0, 0.1) is 5.41 Å². The number of hydrogen-bond donors (Lipinski definition) is 0. The third-order valence-electron chi connectivity index (χ3n) is 3.04. The Hall–Kier alpha value is -0.840. The molecule has 0 aliphatic carbocycles. The van der Waals surface area contributed by atoms with Crippen molar-refractivity contribution in [1.29, 1.82) is 0 Å². The van der Waals surface area contributed by atoms with Crippen molar-refractivity contribution in [2.24, 2.45) is 5.41 Å². The van der Waals surface area contributed by atoms with Crippen LogP contribution in [0.3, 0.4) is 0 Å². The van der Waals surface area contributed by atoms with Crippen molar-refractivity contribution in [3.05, 3.63) is 10.7 Å². The van der Waals surface area contributed by atoms with E-state index in [0.29, 0.717) is 17.9 Å². The van der Waals surface area contributed by atoms with Crippen LogP contribution in [0.15, 0.2) is 10.7 Å². The van der Waals surface area contributed by atoms with Crippen LogP contribution < -0.4 is 9.64 Å². The third kappa shape index (κ3) is 3.31. The lowest BCUT2D eigenvalue weighted by molar-refractivity contribution is 0.326. The van der Waals surface area contributed by atoms with Crippen molar-refractivity contribution >= 4 is 21.9 Å². The molecular weight excluding hydrogens is 282 g/mol. The number of nitrogens with zero attached hydrogens (tertiary/aromatic N) is 3. The van der Waals surface area contributed by atoms with Gasteiger partial charge in [-0.2, -0.15) is 4.98 Å². The van der Waals surface area contributed by atoms with Gasteiger partial charge in [-0.3, -0.25) is 0 Å². The van der Waals surface area contributed by atoms with Crippen LogP contribution in [0.4, 0.5) is 5.95 Å². The average molecular weight is 302 g/mol. The van der Waals surface area contributed by atoms with E-state index in [1.807, 2.05) is 7.05 Å². The van der Waals surface area contributed by atoms with E-state index in [-0.39, 0.29) is 5.41 Å². The topological polar surface area (TPSA) is 38.2 Å². The summed E-state index contributed by atoms with van der Waals surface area (Å²) in [6.07, 6.45) is 1.72. The molecule has 0 amide bonds. The highest BCUT2D eigenvalue weighted by molar-refractivity contribution is 9.10. The van der Waals surface area contributed by atoms with Gasteiger partial charge < -0.3 is 9.64 Å². The smallest absolute Gasteiger partial charge is 0.232 e. The number of hydrogen-bond acceptors (Lipinski definition) is 4. The largest absolute Gasteiger partial charge is 0.480 e. The molecular formula is C12H20BrN3O. The minimum absolute atomic E-state index is 0.165. The van der Waals surface area contributed by atoms with Crippen LogP contribution in [0.5, 0.6) is 5.88 Å². The predicted molar refractivity (Wildman–Crippen MR) is 73.6 cm³/mol. The fourth-order valence-electron chi connectivity index (χ4n) is 1.41. The molecule has 0 bridgehead atoms. The van der Waals surface area contributed by atoms with E-state index in [9.17, 15) is 0 Å². The Kier molecular flexibility index (Phi) is 4.36. The second-order valence-corrected chi connectivity index (χ2v) is 6.03. The molecule has 0 saturated heterocycles. The number of anilines is 1. The molecule has 1 rings (SSSR count). The Bertz CT molecular complexity index is 390. The fraction of sp³-hybridized carbons (Fsp3) is 0.667. The summed E-state index contributed by atoms with van der Waals surface area (Å²) < 4.78 is 5.94. The minimum Gasteiger partial charge on any atom is -0.480 e. The number of rotatable bonds is 3. The Morgan fingerprint density at radius 1 is 1.41 bits per heavy atom. The summed E-state index contributed by atoms with van der Waals surface area (Å²) in [5, 5.41) is 0. The molecule has 1 aromatic heterocycles. The van der Waals surface area contributed by atoms with Crippen molar-refractivity contribution in [3.63, 3.8) is 0 Å². The van der Waals surface area contributed by atoms with Gasteiger partial charge >= 0.3 is 0 Å². The van der Waals surface area contributed by atoms with Gasteiger partial charge in [0.15, 0.2) is 0 Å². The Labute approximate surface area is 112 Å². The van der Waals surface area contributed by atoms with E-state index < -0.39 is 0 Å². The van der Waals surface area contributed by atoms with Crippen LogP contribution >= 0.6 is 15.9 Å². The molecule has 0 aliphatic rings. The summed E-state index contributed by atoms with van der Waals surface area (Å²) >= 11 is 3.35. The van der Waals surface area contributed by atoms with Gasteiger partial charge in [0.2, 0.25) is 11.8 Å². The molecule has 5 heteroatoms. The summed E-state index contributed by atoms with van der Waals surface area (Å²) in [5.41, 5.74) is 0.165. The normalized spacial score (nSPS) is 13.4. The first-order chi connectivity index (χ1) is 7.77. The van der Waals surface area contributed by atoms with Gasteiger partial charge in [-0.15, -0.1) is 0 Å². The zero-order valence-electron chi connectivity index (χ0n) is 11.3. The van der Waals surface area contributed by atoms with Crippen LogP contribution in [0.1, 0.15) is 27.7 Å². The van der Waals surface area contributed by atoms with E-state index in [0.717, 1.165) is 4.47 Å². The quantitative estimate of drug-likeness (QED) is 0.860. The number of halogens is 1. The van der Waals surface area contributed by atoms with E-state index in [1.165, 1.54) is 0 Å². The molecule has 0 N–H and O–H groups in total. The molecule has 1 unspecified atom stereocenters. The summed E-state index contributed by atoms with van der Waals surface area (Å²) in [5.74, 6) is 1.23. The van der Waals surface area contributed by atoms with E-state index in [2.05, 4.69) is 58.5 Å². The van der Waals surface area contributed by atoms with Gasteiger partial charge in [-0.05, 0) is 28.3 Å². The zero-order valence-corrected chi connectivity index (χ0v) is 12.9. The number of ether oxygens (including phenoxy) is 1. The van der Waals surface area contributed by atoms with Gasteiger partial charge in [0, 0.05) is 13.1 Å². The lowest BCUT2D eigenvalue weighted by Gasteiger charge is -2.35. The number of aromatic nitrogens is 2. The summed E-state index contributed by atoms with van der Waals surface area (Å²) in [7, 11) is 3.60. The minimum atomic E-state index is 0.165. The Balaban J connectivity index is 3.00. The van der Waals surface area contributed by atoms with Gasteiger partial charge in [-0.25, -0.2) is 4.98 Å². The Morgan fingerprint density at radius 3 is 2.47 bits per heavy atom. The maximum atomic E-state index is 5.18. The summed E-state index contributed by atoms with van der Waals surface area (Å²) in [6, 6.07) is 0.327. The molecule has 1 atom stereocenters. The van der Waals surface area contributed by atoms with Gasteiger partial charge in [0.05, 0.1) is 17.8 Å². The molecule has 0 spiro atoms. The first kappa shape index (κ1) is 14.2. The molecule has 0 fully saturated rings. The van der Waals surface area contributed by atoms with Gasteiger partial charge in [0.25, 0.3) is 0 Å². The lowest BCUT2D eigenvalue weighted by atomic mass is 9.87. The monoisotopic (exact) mass is 301 g/mol. The second-order valence-electron chi connectivity index (χ2n) is 5.18. The molecule has 96 valence electrons. The van der Waals surface area contributed by atoms with E-state index in [4.69, 9.17) is 4.74 Å². The summed E-state index contributed by atoms with van der Waals surface area (Å²) in [6.45, 7) is 8.76.